The van der Waals surface area contributed by atoms with E-state index in [4.69, 9.17) is 4.74 Å². The zero-order chi connectivity index (χ0) is 26.2. The molecular formula is C27H37N3O6. The van der Waals surface area contributed by atoms with E-state index >= 15 is 0 Å². The van der Waals surface area contributed by atoms with Gasteiger partial charge in [0.1, 0.15) is 18.1 Å². The first-order chi connectivity index (χ1) is 17.3. The number of aliphatic hydroxyl groups excluding tert-OH is 2. The van der Waals surface area contributed by atoms with E-state index in [9.17, 15) is 24.9 Å². The van der Waals surface area contributed by atoms with E-state index in [0.717, 1.165) is 12.0 Å². The second-order valence-corrected chi connectivity index (χ2v) is 9.22. The molecule has 0 aliphatic carbocycles. The van der Waals surface area contributed by atoms with Crippen molar-refractivity contribution in [1.82, 2.24) is 15.5 Å². The summed E-state index contributed by atoms with van der Waals surface area (Å²) in [5, 5.41) is 38.3. The van der Waals surface area contributed by atoms with E-state index in [1.165, 1.54) is 11.0 Å². The van der Waals surface area contributed by atoms with Gasteiger partial charge < -0.3 is 30.7 Å². The molecule has 1 aliphatic heterocycles. The topological polar surface area (TPSA) is 131 Å². The summed E-state index contributed by atoms with van der Waals surface area (Å²) in [6.07, 6.45) is -1.71. The van der Waals surface area contributed by atoms with Crippen molar-refractivity contribution in [2.45, 2.75) is 63.6 Å². The average molecular weight is 500 g/mol. The number of amides is 2. The Hall–Kier alpha value is -2.98. The molecule has 9 nitrogen and oxygen atoms in total. The summed E-state index contributed by atoms with van der Waals surface area (Å²) >= 11 is 0. The molecule has 1 saturated heterocycles. The lowest BCUT2D eigenvalue weighted by Crippen LogP contribution is -2.58. The van der Waals surface area contributed by atoms with E-state index in [-0.39, 0.29) is 36.3 Å². The van der Waals surface area contributed by atoms with Gasteiger partial charge in [-0.25, -0.2) is 0 Å². The molecule has 2 aromatic rings. The van der Waals surface area contributed by atoms with Crippen LogP contribution in [0.15, 0.2) is 48.5 Å². The lowest BCUT2D eigenvalue weighted by atomic mass is 9.98. The van der Waals surface area contributed by atoms with Crippen molar-refractivity contribution in [1.29, 1.82) is 0 Å². The van der Waals surface area contributed by atoms with Gasteiger partial charge in [0.15, 0.2) is 0 Å². The molecule has 1 aliphatic rings. The number of ether oxygens (including phenoxy) is 1. The van der Waals surface area contributed by atoms with Gasteiger partial charge in [-0.3, -0.25) is 14.5 Å². The summed E-state index contributed by atoms with van der Waals surface area (Å²) in [5.74, 6) is -0.725. The normalized spacial score (nSPS) is 20.5. The first-order valence-corrected chi connectivity index (χ1v) is 12.3. The molecule has 2 amide bonds. The summed E-state index contributed by atoms with van der Waals surface area (Å²) in [7, 11) is 1.55. The molecule has 5 N–H and O–H groups in total. The Bertz CT molecular complexity index is 1020. The second kappa shape index (κ2) is 12.8. The van der Waals surface area contributed by atoms with Gasteiger partial charge in [-0.2, -0.15) is 0 Å². The summed E-state index contributed by atoms with van der Waals surface area (Å²) in [6, 6.07) is 12.4. The molecule has 1 unspecified atom stereocenters. The molecule has 5 atom stereocenters. The zero-order valence-electron chi connectivity index (χ0n) is 21.1. The van der Waals surface area contributed by atoms with Crippen molar-refractivity contribution in [2.75, 3.05) is 20.2 Å². The molecule has 36 heavy (non-hydrogen) atoms. The molecule has 1 heterocycles. The van der Waals surface area contributed by atoms with Crippen LogP contribution < -0.4 is 10.6 Å². The van der Waals surface area contributed by atoms with Crippen LogP contribution in [0.3, 0.4) is 0 Å². The fraction of sp³-hybridized carbons (Fsp3) is 0.481. The van der Waals surface area contributed by atoms with Gasteiger partial charge in [-0.15, -0.1) is 0 Å². The van der Waals surface area contributed by atoms with Crippen LogP contribution >= 0.6 is 0 Å². The van der Waals surface area contributed by atoms with Crippen molar-refractivity contribution in [3.63, 3.8) is 0 Å². The predicted octanol–water partition coefficient (Wildman–Crippen LogP) is 1.34. The molecule has 2 aromatic carbocycles. The molecule has 3 rings (SSSR count). The number of carbonyl (C=O) groups is 2. The number of benzene rings is 2. The van der Waals surface area contributed by atoms with Crippen LogP contribution in [0.4, 0.5) is 0 Å². The van der Waals surface area contributed by atoms with Gasteiger partial charge in [0.2, 0.25) is 5.91 Å². The van der Waals surface area contributed by atoms with E-state index in [2.05, 4.69) is 10.6 Å². The molecule has 0 radical (unpaired) electrons. The minimum absolute atomic E-state index is 0.00792. The lowest BCUT2D eigenvalue weighted by molar-refractivity contribution is -0.137. The fourth-order valence-electron chi connectivity index (χ4n) is 4.55. The SMILES string of the molecule is CCCNC(=O)[C@@H]1C[C@@H](OC)CN1C(O)[C@@H](O)[C@H](Cc1ccccc1)NC(=O)c1cccc(O)c1C. The smallest absolute Gasteiger partial charge is 0.252 e. The third-order valence-electron chi connectivity index (χ3n) is 6.71. The number of carbonyl (C=O) groups excluding carboxylic acids is 2. The Kier molecular flexibility index (Phi) is 9.83. The third kappa shape index (κ3) is 6.61. The summed E-state index contributed by atoms with van der Waals surface area (Å²) in [5.41, 5.74) is 1.54. The number of hydrogen-bond donors (Lipinski definition) is 5. The minimum Gasteiger partial charge on any atom is -0.508 e. The number of likely N-dealkylation sites (tertiary alicyclic amines) is 1. The molecular weight excluding hydrogens is 462 g/mol. The van der Waals surface area contributed by atoms with E-state index in [1.807, 2.05) is 37.3 Å². The van der Waals surface area contributed by atoms with Crippen molar-refractivity contribution >= 4 is 11.8 Å². The molecule has 0 aromatic heterocycles. The maximum atomic E-state index is 13.1. The molecule has 9 heteroatoms. The molecule has 0 saturated carbocycles. The van der Waals surface area contributed by atoms with Crippen LogP contribution in [-0.4, -0.2) is 82.8 Å². The van der Waals surface area contributed by atoms with Crippen molar-refractivity contribution < 1.29 is 29.6 Å². The number of aromatic hydroxyl groups is 1. The number of methoxy groups -OCH3 is 1. The quantitative estimate of drug-likeness (QED) is 0.315. The van der Waals surface area contributed by atoms with Gasteiger partial charge in [-0.05, 0) is 43.9 Å². The van der Waals surface area contributed by atoms with Gasteiger partial charge in [0.25, 0.3) is 5.91 Å². The number of phenolic OH excluding ortho intramolecular Hbond substituents is 1. The van der Waals surface area contributed by atoms with Crippen molar-refractivity contribution in [3.05, 3.63) is 65.2 Å². The average Bonchev–Trinajstić information content (AvgIpc) is 3.33. The standard InChI is InChI=1S/C27H37N3O6/c1-4-13-28-26(34)22-15-19(36-3)16-30(22)27(35)24(32)21(14-18-9-6-5-7-10-18)29-25(33)20-11-8-12-23(31)17(20)2/h5-12,19,21-22,24,27,31-32,35H,4,13-16H2,1-3H3,(H,28,34)(H,29,33)/t19-,21+,22+,24+,27?/m1/s1. The fourth-order valence-corrected chi connectivity index (χ4v) is 4.55. The Balaban J connectivity index is 1.85. The van der Waals surface area contributed by atoms with Crippen molar-refractivity contribution in [3.8, 4) is 5.75 Å². The first kappa shape index (κ1) is 27.6. The highest BCUT2D eigenvalue weighted by Crippen LogP contribution is 2.25. The Morgan fingerprint density at radius 1 is 1.14 bits per heavy atom. The number of hydrogen-bond acceptors (Lipinski definition) is 7. The molecule has 196 valence electrons. The van der Waals surface area contributed by atoms with Gasteiger partial charge >= 0.3 is 0 Å². The molecule has 1 fully saturated rings. The highest BCUT2D eigenvalue weighted by molar-refractivity contribution is 5.96. The highest BCUT2D eigenvalue weighted by Gasteiger charge is 2.44. The number of rotatable bonds is 11. The van der Waals surface area contributed by atoms with Crippen molar-refractivity contribution in [2.24, 2.45) is 0 Å². The van der Waals surface area contributed by atoms with Crippen LogP contribution in [0, 0.1) is 6.92 Å². The van der Waals surface area contributed by atoms with Crippen LogP contribution in [0.25, 0.3) is 0 Å². The van der Waals surface area contributed by atoms with E-state index < -0.39 is 30.3 Å². The molecule has 0 bridgehead atoms. The Morgan fingerprint density at radius 3 is 2.53 bits per heavy atom. The summed E-state index contributed by atoms with van der Waals surface area (Å²) in [6.45, 7) is 4.36. The van der Waals surface area contributed by atoms with E-state index in [1.54, 1.807) is 26.2 Å². The number of phenols is 1. The van der Waals surface area contributed by atoms with Crippen LogP contribution in [-0.2, 0) is 16.0 Å². The largest absolute Gasteiger partial charge is 0.508 e. The zero-order valence-corrected chi connectivity index (χ0v) is 21.1. The van der Waals surface area contributed by atoms with Gasteiger partial charge in [-0.1, -0.05) is 43.3 Å². The monoisotopic (exact) mass is 499 g/mol. The van der Waals surface area contributed by atoms with Gasteiger partial charge in [0.05, 0.1) is 18.2 Å². The second-order valence-electron chi connectivity index (χ2n) is 9.22. The lowest BCUT2D eigenvalue weighted by Gasteiger charge is -2.35. The number of nitrogens with zero attached hydrogens (tertiary/aromatic N) is 1. The first-order valence-electron chi connectivity index (χ1n) is 12.3. The van der Waals surface area contributed by atoms with E-state index in [0.29, 0.717) is 18.5 Å². The summed E-state index contributed by atoms with van der Waals surface area (Å²) in [4.78, 5) is 27.5. The minimum atomic E-state index is -1.43. The highest BCUT2D eigenvalue weighted by atomic mass is 16.5. The summed E-state index contributed by atoms with van der Waals surface area (Å²) < 4.78 is 5.45. The van der Waals surface area contributed by atoms with Crippen LogP contribution in [0.1, 0.15) is 41.3 Å². The van der Waals surface area contributed by atoms with Crippen LogP contribution in [0.5, 0.6) is 5.75 Å². The Morgan fingerprint density at radius 2 is 1.86 bits per heavy atom. The third-order valence-corrected chi connectivity index (χ3v) is 6.71. The maximum Gasteiger partial charge on any atom is 0.252 e. The number of nitrogens with one attached hydrogen (secondary N) is 2. The molecule has 0 spiro atoms. The van der Waals surface area contributed by atoms with Gasteiger partial charge in [0, 0.05) is 31.3 Å². The van der Waals surface area contributed by atoms with Crippen LogP contribution in [0.2, 0.25) is 0 Å². The number of aliphatic hydroxyl groups is 2. The predicted molar refractivity (Wildman–Crippen MR) is 135 cm³/mol. The maximum absolute atomic E-state index is 13.1. The Labute approximate surface area is 212 Å².